The van der Waals surface area contributed by atoms with Crippen molar-refractivity contribution in [3.05, 3.63) is 45.0 Å². The van der Waals surface area contributed by atoms with Gasteiger partial charge in [0.15, 0.2) is 0 Å². The molecule has 0 bridgehead atoms. The third-order valence-electron chi connectivity index (χ3n) is 6.34. The number of carbonyl (C=O) groups is 1. The molecule has 1 aromatic carbocycles. The number of hydrogen-bond donors (Lipinski definition) is 5. The Balaban J connectivity index is 1.75. The van der Waals surface area contributed by atoms with E-state index in [1.807, 2.05) is 19.9 Å². The summed E-state index contributed by atoms with van der Waals surface area (Å²) < 4.78 is 11.2. The quantitative estimate of drug-likeness (QED) is 0.272. The highest BCUT2D eigenvalue weighted by atomic mass is 16.4. The number of fused-ring (bicyclic) bond motifs is 2. The van der Waals surface area contributed by atoms with Crippen LogP contribution in [0.3, 0.4) is 0 Å². The predicted molar refractivity (Wildman–Crippen MR) is 124 cm³/mol. The zero-order chi connectivity index (χ0) is 25.3. The van der Waals surface area contributed by atoms with E-state index in [4.69, 9.17) is 13.9 Å². The van der Waals surface area contributed by atoms with E-state index in [0.717, 1.165) is 26.8 Å². The van der Waals surface area contributed by atoms with Gasteiger partial charge in [0.2, 0.25) is 5.91 Å². The summed E-state index contributed by atoms with van der Waals surface area (Å²) in [6.45, 7) is 4.44. The molecule has 4 atom stereocenters. The van der Waals surface area contributed by atoms with Crippen molar-refractivity contribution in [2.45, 2.75) is 58.0 Å². The number of furan rings is 1. The van der Waals surface area contributed by atoms with Gasteiger partial charge >= 0.3 is 5.63 Å². The molecule has 0 saturated carbocycles. The van der Waals surface area contributed by atoms with Gasteiger partial charge in [-0.05, 0) is 44.4 Å². The SMILES string of the molecule is Cc1coc2c(C)c3oc(=O)c(CCC(=O)N(C)C[C@H](O)[C@H](O)[C@@H](O)[C@H](O)CO)c(C)c3cc12. The molecule has 0 unspecified atom stereocenters. The van der Waals surface area contributed by atoms with Crippen LogP contribution < -0.4 is 5.63 Å². The molecule has 186 valence electrons. The minimum Gasteiger partial charge on any atom is -0.464 e. The highest BCUT2D eigenvalue weighted by molar-refractivity contribution is 5.99. The van der Waals surface area contributed by atoms with Gasteiger partial charge < -0.3 is 39.3 Å². The third-order valence-corrected chi connectivity index (χ3v) is 6.34. The summed E-state index contributed by atoms with van der Waals surface area (Å²) in [6.07, 6.45) is -5.02. The number of rotatable bonds is 9. The van der Waals surface area contributed by atoms with Crippen molar-refractivity contribution >= 4 is 27.8 Å². The van der Waals surface area contributed by atoms with E-state index < -0.39 is 42.6 Å². The van der Waals surface area contributed by atoms with E-state index in [1.54, 1.807) is 13.2 Å². The van der Waals surface area contributed by atoms with Gasteiger partial charge in [0.1, 0.15) is 35.6 Å². The number of aliphatic hydroxyl groups is 5. The molecule has 3 aromatic rings. The summed E-state index contributed by atoms with van der Waals surface area (Å²) in [5.74, 6) is -0.403. The molecule has 0 aliphatic heterocycles. The van der Waals surface area contributed by atoms with Crippen molar-refractivity contribution in [3.8, 4) is 0 Å². The summed E-state index contributed by atoms with van der Waals surface area (Å²) in [5, 5.41) is 49.7. The van der Waals surface area contributed by atoms with Gasteiger partial charge in [-0.1, -0.05) is 0 Å². The summed E-state index contributed by atoms with van der Waals surface area (Å²) >= 11 is 0. The van der Waals surface area contributed by atoms with E-state index in [9.17, 15) is 30.0 Å². The Morgan fingerprint density at radius 2 is 1.65 bits per heavy atom. The average molecular weight is 478 g/mol. The minimum absolute atomic E-state index is 0.0514. The summed E-state index contributed by atoms with van der Waals surface area (Å²) in [6, 6.07) is 1.91. The zero-order valence-electron chi connectivity index (χ0n) is 19.6. The Morgan fingerprint density at radius 3 is 2.29 bits per heavy atom. The molecular formula is C24H31NO9. The zero-order valence-corrected chi connectivity index (χ0v) is 19.6. The van der Waals surface area contributed by atoms with Crippen LogP contribution in [0, 0.1) is 20.8 Å². The lowest BCUT2D eigenvalue weighted by molar-refractivity contribution is -0.137. The van der Waals surface area contributed by atoms with Crippen LogP contribution in [0.5, 0.6) is 0 Å². The Hall–Kier alpha value is -2.76. The maximum atomic E-state index is 12.7. The molecule has 2 aromatic heterocycles. The molecular weight excluding hydrogens is 446 g/mol. The molecule has 0 spiro atoms. The van der Waals surface area contributed by atoms with Gasteiger partial charge in [0.05, 0.1) is 12.9 Å². The van der Waals surface area contributed by atoms with Crippen LogP contribution in [-0.2, 0) is 11.2 Å². The molecule has 5 N–H and O–H groups in total. The molecule has 1 amide bonds. The van der Waals surface area contributed by atoms with Crippen molar-refractivity contribution in [2.24, 2.45) is 0 Å². The predicted octanol–water partition coefficient (Wildman–Crippen LogP) is 0.291. The molecule has 0 aliphatic rings. The number of carbonyl (C=O) groups excluding carboxylic acids is 1. The van der Waals surface area contributed by atoms with Crippen LogP contribution in [-0.4, -0.2) is 81.0 Å². The number of likely N-dealkylation sites (N-methyl/N-ethyl adjacent to an activating group) is 1. The number of amides is 1. The number of aliphatic hydroxyl groups excluding tert-OH is 5. The lowest BCUT2D eigenvalue weighted by Gasteiger charge is -2.28. The number of hydrogen-bond acceptors (Lipinski definition) is 9. The van der Waals surface area contributed by atoms with Gasteiger partial charge in [0.25, 0.3) is 0 Å². The van der Waals surface area contributed by atoms with Gasteiger partial charge in [-0.2, -0.15) is 0 Å². The third kappa shape index (κ3) is 4.86. The molecule has 0 aliphatic carbocycles. The van der Waals surface area contributed by atoms with E-state index in [0.29, 0.717) is 22.3 Å². The first-order valence-electron chi connectivity index (χ1n) is 11.0. The molecule has 3 rings (SSSR count). The van der Waals surface area contributed by atoms with E-state index in [1.165, 1.54) is 7.05 Å². The van der Waals surface area contributed by atoms with Crippen LogP contribution in [0.25, 0.3) is 21.9 Å². The maximum Gasteiger partial charge on any atom is 0.339 e. The van der Waals surface area contributed by atoms with Gasteiger partial charge in [-0.15, -0.1) is 0 Å². The highest BCUT2D eigenvalue weighted by Gasteiger charge is 2.31. The second-order valence-electron chi connectivity index (χ2n) is 8.74. The molecule has 34 heavy (non-hydrogen) atoms. The number of aryl methyl sites for hydroxylation is 3. The fourth-order valence-corrected chi connectivity index (χ4v) is 4.08. The first-order valence-corrected chi connectivity index (χ1v) is 11.0. The fourth-order valence-electron chi connectivity index (χ4n) is 4.08. The van der Waals surface area contributed by atoms with Crippen LogP contribution >= 0.6 is 0 Å². The van der Waals surface area contributed by atoms with Crippen molar-refractivity contribution in [1.82, 2.24) is 4.90 Å². The standard InChI is InChI=1S/C24H31NO9/c1-11-10-33-22-13(3)23-16(7-15(11)22)12(2)14(24(32)34-23)5-6-19(29)25(4)8-17(27)20(30)21(31)18(28)9-26/h7,10,17-18,20-21,26-28,30-31H,5-6,8-9H2,1-4H3/t17-,18+,20-,21-/m0/s1. The Kier molecular flexibility index (Phi) is 7.79. The van der Waals surface area contributed by atoms with Gasteiger partial charge in [0, 0.05) is 41.9 Å². The fraction of sp³-hybridized carbons (Fsp3) is 0.500. The van der Waals surface area contributed by atoms with E-state index in [-0.39, 0.29) is 19.4 Å². The lowest BCUT2D eigenvalue weighted by atomic mass is 9.98. The normalized spacial score (nSPS) is 15.4. The van der Waals surface area contributed by atoms with Crippen LogP contribution in [0.2, 0.25) is 0 Å². The second kappa shape index (κ2) is 10.2. The molecule has 0 saturated heterocycles. The molecule has 2 heterocycles. The summed E-state index contributed by atoms with van der Waals surface area (Å²) in [7, 11) is 1.41. The topological polar surface area (TPSA) is 165 Å². The average Bonchev–Trinajstić information content (AvgIpc) is 3.18. The highest BCUT2D eigenvalue weighted by Crippen LogP contribution is 2.32. The number of nitrogens with zero attached hydrogens (tertiary/aromatic N) is 1. The Bertz CT molecular complexity index is 1240. The van der Waals surface area contributed by atoms with Crippen LogP contribution in [0.1, 0.15) is 28.7 Å². The van der Waals surface area contributed by atoms with Crippen molar-refractivity contribution < 1.29 is 39.2 Å². The van der Waals surface area contributed by atoms with E-state index >= 15 is 0 Å². The largest absolute Gasteiger partial charge is 0.464 e. The number of benzene rings is 1. The first-order chi connectivity index (χ1) is 16.0. The van der Waals surface area contributed by atoms with Crippen LogP contribution in [0.15, 0.2) is 26.0 Å². The summed E-state index contributed by atoms with van der Waals surface area (Å²) in [5.41, 5.74) is 3.33. The van der Waals surface area contributed by atoms with Gasteiger partial charge in [-0.3, -0.25) is 4.79 Å². The molecule has 10 heteroatoms. The van der Waals surface area contributed by atoms with Crippen molar-refractivity contribution in [3.63, 3.8) is 0 Å². The lowest BCUT2D eigenvalue weighted by Crippen LogP contribution is -2.50. The monoisotopic (exact) mass is 477 g/mol. The van der Waals surface area contributed by atoms with Crippen LogP contribution in [0.4, 0.5) is 0 Å². The first kappa shape index (κ1) is 25.9. The Labute approximate surface area is 195 Å². The van der Waals surface area contributed by atoms with E-state index in [2.05, 4.69) is 0 Å². The Morgan fingerprint density at radius 1 is 1.00 bits per heavy atom. The molecule has 10 nitrogen and oxygen atoms in total. The molecule has 0 fully saturated rings. The minimum atomic E-state index is -1.78. The van der Waals surface area contributed by atoms with Crippen molar-refractivity contribution in [2.75, 3.05) is 20.2 Å². The van der Waals surface area contributed by atoms with Crippen molar-refractivity contribution in [1.29, 1.82) is 0 Å². The smallest absolute Gasteiger partial charge is 0.339 e. The second-order valence-corrected chi connectivity index (χ2v) is 8.74. The summed E-state index contributed by atoms with van der Waals surface area (Å²) in [4.78, 5) is 26.5. The molecule has 0 radical (unpaired) electrons. The maximum absolute atomic E-state index is 12.7. The van der Waals surface area contributed by atoms with Gasteiger partial charge in [-0.25, -0.2) is 4.79 Å².